The molecule has 0 atom stereocenters. The number of H-pyrrole nitrogens is 1. The molecule has 2 rings (SSSR count). The van der Waals surface area contributed by atoms with Crippen molar-refractivity contribution in [2.45, 2.75) is 32.4 Å². The van der Waals surface area contributed by atoms with Gasteiger partial charge in [-0.25, -0.2) is 0 Å². The van der Waals surface area contributed by atoms with Gasteiger partial charge in [0.05, 0.1) is 5.69 Å². The molecule has 2 heterocycles. The first-order chi connectivity index (χ1) is 9.98. The lowest BCUT2D eigenvalue weighted by molar-refractivity contribution is -0.144. The number of aryl methyl sites for hydroxylation is 1. The Morgan fingerprint density at radius 1 is 1.32 bits per heavy atom. The number of hydrogen-bond acceptors (Lipinski definition) is 4. The van der Waals surface area contributed by atoms with Crippen LogP contribution in [0.5, 0.6) is 0 Å². The maximum atomic E-state index is 12.4. The molecule has 0 radical (unpaired) electrons. The average molecular weight is 316 g/mol. The van der Waals surface area contributed by atoms with Crippen molar-refractivity contribution in [1.82, 2.24) is 25.0 Å². The van der Waals surface area contributed by atoms with Gasteiger partial charge in [0.25, 0.3) is 5.91 Å². The molecule has 0 aliphatic carbocycles. The van der Waals surface area contributed by atoms with Crippen LogP contribution in [0.4, 0.5) is 19.1 Å². The van der Waals surface area contributed by atoms with Gasteiger partial charge in [0.1, 0.15) is 5.69 Å². The first-order valence-corrected chi connectivity index (χ1v) is 6.34. The molecule has 0 aromatic carbocycles. The lowest BCUT2D eigenvalue weighted by Crippen LogP contribution is -2.17. The number of alkyl halides is 3. The number of nitrogens with zero attached hydrogens (tertiary/aromatic N) is 4. The SMILES string of the molecule is Cn1nc(C(C)(C)C)cc1C(=O)Nc1n[nH]c(C(F)(F)F)n1. The van der Waals surface area contributed by atoms with Crippen LogP contribution in [-0.2, 0) is 18.6 Å². The van der Waals surface area contributed by atoms with E-state index in [-0.39, 0.29) is 11.1 Å². The molecule has 0 aliphatic heterocycles. The fraction of sp³-hybridized carbons (Fsp3) is 0.500. The zero-order valence-electron chi connectivity index (χ0n) is 12.4. The summed E-state index contributed by atoms with van der Waals surface area (Å²) in [6, 6.07) is 1.58. The second-order valence-electron chi connectivity index (χ2n) is 5.75. The minimum atomic E-state index is -4.65. The van der Waals surface area contributed by atoms with Crippen LogP contribution in [0.15, 0.2) is 6.07 Å². The number of nitrogens with one attached hydrogen (secondary N) is 2. The van der Waals surface area contributed by atoms with E-state index in [9.17, 15) is 18.0 Å². The number of carbonyl (C=O) groups excluding carboxylic acids is 1. The number of carbonyl (C=O) groups is 1. The molecule has 7 nitrogen and oxygen atoms in total. The van der Waals surface area contributed by atoms with Crippen molar-refractivity contribution >= 4 is 11.9 Å². The highest BCUT2D eigenvalue weighted by Gasteiger charge is 2.35. The van der Waals surface area contributed by atoms with Crippen LogP contribution in [0.3, 0.4) is 0 Å². The van der Waals surface area contributed by atoms with Crippen molar-refractivity contribution in [1.29, 1.82) is 0 Å². The Kier molecular flexibility index (Phi) is 3.71. The zero-order valence-corrected chi connectivity index (χ0v) is 12.4. The summed E-state index contributed by atoms with van der Waals surface area (Å²) in [5, 5.41) is 11.5. The molecule has 22 heavy (non-hydrogen) atoms. The van der Waals surface area contributed by atoms with Crippen molar-refractivity contribution in [3.63, 3.8) is 0 Å². The molecule has 2 aromatic heterocycles. The first kappa shape index (κ1) is 16.0. The van der Waals surface area contributed by atoms with Crippen LogP contribution in [0.2, 0.25) is 0 Å². The molecule has 0 saturated heterocycles. The normalized spacial score (nSPS) is 12.5. The molecule has 2 N–H and O–H groups in total. The summed E-state index contributed by atoms with van der Waals surface area (Å²) in [6.07, 6.45) is -4.65. The number of hydrogen-bond donors (Lipinski definition) is 2. The lowest BCUT2D eigenvalue weighted by Gasteiger charge is -2.13. The second-order valence-corrected chi connectivity index (χ2v) is 5.75. The predicted molar refractivity (Wildman–Crippen MR) is 71.2 cm³/mol. The highest BCUT2D eigenvalue weighted by molar-refractivity contribution is 6.02. The first-order valence-electron chi connectivity index (χ1n) is 6.34. The van der Waals surface area contributed by atoms with E-state index in [0.717, 1.165) is 0 Å². The third kappa shape index (κ3) is 3.26. The van der Waals surface area contributed by atoms with Crippen molar-refractivity contribution in [2.24, 2.45) is 7.05 Å². The van der Waals surface area contributed by atoms with Gasteiger partial charge in [0.2, 0.25) is 11.8 Å². The number of halogens is 3. The van der Waals surface area contributed by atoms with Gasteiger partial charge in [-0.15, -0.1) is 5.10 Å². The van der Waals surface area contributed by atoms with Crippen LogP contribution < -0.4 is 5.32 Å². The number of aromatic nitrogens is 5. The quantitative estimate of drug-likeness (QED) is 0.888. The second kappa shape index (κ2) is 5.11. The molecular formula is C12H15F3N6O. The fourth-order valence-corrected chi connectivity index (χ4v) is 1.66. The van der Waals surface area contributed by atoms with E-state index >= 15 is 0 Å². The van der Waals surface area contributed by atoms with Crippen molar-refractivity contribution < 1.29 is 18.0 Å². The van der Waals surface area contributed by atoms with E-state index < -0.39 is 23.9 Å². The molecular weight excluding hydrogens is 301 g/mol. The molecule has 2 aromatic rings. The molecule has 120 valence electrons. The average Bonchev–Trinajstić information content (AvgIpc) is 2.93. The zero-order chi connectivity index (χ0) is 16.7. The smallest absolute Gasteiger partial charge is 0.288 e. The Hall–Kier alpha value is -2.39. The summed E-state index contributed by atoms with van der Waals surface area (Å²) in [5.74, 6) is -2.36. The van der Waals surface area contributed by atoms with E-state index in [1.165, 1.54) is 4.68 Å². The Labute approximate surface area is 123 Å². The number of amides is 1. The standard InChI is InChI=1S/C12H15F3N6O/c1-11(2,3)7-5-6(21(4)20-7)8(22)16-10-17-9(18-19-10)12(13,14)15/h5H,1-4H3,(H2,16,17,18,19,22). The molecule has 0 spiro atoms. The van der Waals surface area contributed by atoms with E-state index in [1.807, 2.05) is 20.8 Å². The largest absolute Gasteiger partial charge is 0.451 e. The van der Waals surface area contributed by atoms with Crippen molar-refractivity contribution in [3.8, 4) is 0 Å². The highest BCUT2D eigenvalue weighted by Crippen LogP contribution is 2.26. The molecule has 1 amide bonds. The van der Waals surface area contributed by atoms with E-state index in [1.54, 1.807) is 18.2 Å². The Balaban J connectivity index is 2.20. The summed E-state index contributed by atoms with van der Waals surface area (Å²) in [4.78, 5) is 15.3. The number of rotatable bonds is 2. The van der Waals surface area contributed by atoms with Gasteiger partial charge in [-0.3, -0.25) is 19.9 Å². The number of aromatic amines is 1. The third-order valence-corrected chi connectivity index (χ3v) is 2.86. The summed E-state index contributed by atoms with van der Waals surface area (Å²) >= 11 is 0. The van der Waals surface area contributed by atoms with E-state index in [4.69, 9.17) is 0 Å². The van der Waals surface area contributed by atoms with Crippen molar-refractivity contribution in [2.75, 3.05) is 5.32 Å². The van der Waals surface area contributed by atoms with Gasteiger partial charge in [0, 0.05) is 12.5 Å². The van der Waals surface area contributed by atoms with Gasteiger partial charge in [0.15, 0.2) is 0 Å². The maximum Gasteiger partial charge on any atom is 0.451 e. The minimum Gasteiger partial charge on any atom is -0.288 e. The van der Waals surface area contributed by atoms with Crippen LogP contribution in [0, 0.1) is 0 Å². The summed E-state index contributed by atoms with van der Waals surface area (Å²) in [5.41, 5.74) is 0.624. The summed E-state index contributed by atoms with van der Waals surface area (Å²) in [7, 11) is 1.57. The summed E-state index contributed by atoms with van der Waals surface area (Å²) in [6.45, 7) is 5.80. The Morgan fingerprint density at radius 2 is 1.95 bits per heavy atom. The minimum absolute atomic E-state index is 0.197. The summed E-state index contributed by atoms with van der Waals surface area (Å²) < 4.78 is 38.6. The third-order valence-electron chi connectivity index (χ3n) is 2.86. The van der Waals surface area contributed by atoms with E-state index in [0.29, 0.717) is 5.69 Å². The lowest BCUT2D eigenvalue weighted by atomic mass is 9.92. The van der Waals surface area contributed by atoms with Crippen LogP contribution in [0.25, 0.3) is 0 Å². The van der Waals surface area contributed by atoms with Gasteiger partial charge >= 0.3 is 6.18 Å². The molecule has 10 heteroatoms. The van der Waals surface area contributed by atoms with Gasteiger partial charge in [-0.2, -0.15) is 23.3 Å². The van der Waals surface area contributed by atoms with Crippen LogP contribution in [0.1, 0.15) is 42.8 Å². The number of anilines is 1. The van der Waals surface area contributed by atoms with Gasteiger partial charge < -0.3 is 0 Å². The van der Waals surface area contributed by atoms with Crippen molar-refractivity contribution in [3.05, 3.63) is 23.3 Å². The molecule has 0 bridgehead atoms. The fourth-order valence-electron chi connectivity index (χ4n) is 1.66. The van der Waals surface area contributed by atoms with Crippen LogP contribution in [-0.4, -0.2) is 30.9 Å². The Morgan fingerprint density at radius 3 is 2.41 bits per heavy atom. The van der Waals surface area contributed by atoms with Gasteiger partial charge in [-0.1, -0.05) is 20.8 Å². The molecule has 0 unspecified atom stereocenters. The monoisotopic (exact) mass is 316 g/mol. The molecule has 0 aliphatic rings. The molecule has 0 saturated carbocycles. The highest BCUT2D eigenvalue weighted by atomic mass is 19.4. The molecule has 0 fully saturated rings. The Bertz CT molecular complexity index is 695. The predicted octanol–water partition coefficient (Wildman–Crippen LogP) is 2.11. The van der Waals surface area contributed by atoms with Gasteiger partial charge in [-0.05, 0) is 6.07 Å². The van der Waals surface area contributed by atoms with Crippen LogP contribution >= 0.6 is 0 Å². The maximum absolute atomic E-state index is 12.4. The topological polar surface area (TPSA) is 88.5 Å². The van der Waals surface area contributed by atoms with E-state index in [2.05, 4.69) is 20.5 Å².